The Morgan fingerprint density at radius 1 is 1.16 bits per heavy atom. The summed E-state index contributed by atoms with van der Waals surface area (Å²) in [6.45, 7) is 2.65. The molecule has 2 aliphatic rings. The molecular formula is C26H29NO4. The van der Waals surface area contributed by atoms with Gasteiger partial charge in [-0.25, -0.2) is 0 Å². The van der Waals surface area contributed by atoms with E-state index in [9.17, 15) is 9.90 Å². The van der Waals surface area contributed by atoms with E-state index in [1.807, 2.05) is 12.1 Å². The number of carboxylic acids is 1. The number of aliphatic carboxylic acids is 1. The number of rotatable bonds is 6. The van der Waals surface area contributed by atoms with Crippen LogP contribution in [0.25, 0.3) is 10.9 Å². The van der Waals surface area contributed by atoms with Gasteiger partial charge in [0.15, 0.2) is 0 Å². The third-order valence-corrected chi connectivity index (χ3v) is 7.07. The van der Waals surface area contributed by atoms with Crippen molar-refractivity contribution in [1.29, 1.82) is 0 Å². The van der Waals surface area contributed by atoms with E-state index in [1.54, 1.807) is 0 Å². The Labute approximate surface area is 182 Å². The first kappa shape index (κ1) is 20.1. The molecule has 5 rings (SSSR count). The van der Waals surface area contributed by atoms with Crippen LogP contribution in [0.4, 0.5) is 0 Å². The van der Waals surface area contributed by atoms with Gasteiger partial charge in [0.1, 0.15) is 12.4 Å². The molecule has 31 heavy (non-hydrogen) atoms. The van der Waals surface area contributed by atoms with Gasteiger partial charge < -0.3 is 19.9 Å². The van der Waals surface area contributed by atoms with Crippen molar-refractivity contribution in [2.24, 2.45) is 0 Å². The quantitative estimate of drug-likeness (QED) is 0.514. The fourth-order valence-electron chi connectivity index (χ4n) is 5.53. The minimum atomic E-state index is -0.744. The van der Waals surface area contributed by atoms with Gasteiger partial charge >= 0.3 is 5.97 Å². The van der Waals surface area contributed by atoms with E-state index in [2.05, 4.69) is 36.2 Å². The Hall–Kier alpha value is -2.79. The molecule has 2 aliphatic carbocycles. The van der Waals surface area contributed by atoms with E-state index in [4.69, 9.17) is 9.84 Å². The maximum Gasteiger partial charge on any atom is 0.304 e. The van der Waals surface area contributed by atoms with Gasteiger partial charge in [-0.3, -0.25) is 4.79 Å². The molecule has 0 radical (unpaired) electrons. The maximum atomic E-state index is 11.1. The number of aromatic amines is 1. The summed E-state index contributed by atoms with van der Waals surface area (Å²) in [5, 5.41) is 20.1. The number of nitrogens with one attached hydrogen (secondary N) is 1. The van der Waals surface area contributed by atoms with E-state index in [1.165, 1.54) is 16.7 Å². The Kier molecular flexibility index (Phi) is 5.22. The average molecular weight is 420 g/mol. The van der Waals surface area contributed by atoms with Crippen molar-refractivity contribution >= 4 is 16.9 Å². The van der Waals surface area contributed by atoms with Crippen LogP contribution in [0.2, 0.25) is 0 Å². The summed E-state index contributed by atoms with van der Waals surface area (Å²) < 4.78 is 6.11. The van der Waals surface area contributed by atoms with Crippen LogP contribution < -0.4 is 4.74 Å². The van der Waals surface area contributed by atoms with Crippen LogP contribution in [-0.4, -0.2) is 27.3 Å². The number of aryl methyl sites for hydroxylation is 2. The van der Waals surface area contributed by atoms with Crippen LogP contribution in [0.15, 0.2) is 36.4 Å². The molecule has 5 heteroatoms. The van der Waals surface area contributed by atoms with Crippen molar-refractivity contribution in [3.05, 3.63) is 64.3 Å². The van der Waals surface area contributed by atoms with E-state index in [-0.39, 0.29) is 18.4 Å². The number of hydrogen-bond donors (Lipinski definition) is 3. The number of aromatic nitrogens is 1. The van der Waals surface area contributed by atoms with Crippen molar-refractivity contribution in [2.45, 2.75) is 70.0 Å². The first-order valence-electron chi connectivity index (χ1n) is 11.2. The fraction of sp³-hybridized carbons (Fsp3) is 0.423. The zero-order valence-corrected chi connectivity index (χ0v) is 17.9. The van der Waals surface area contributed by atoms with Gasteiger partial charge in [0.2, 0.25) is 0 Å². The van der Waals surface area contributed by atoms with Crippen molar-refractivity contribution < 1.29 is 19.7 Å². The molecule has 5 nitrogen and oxygen atoms in total. The summed E-state index contributed by atoms with van der Waals surface area (Å²) in [5.41, 5.74) is 7.12. The molecule has 0 saturated heterocycles. The lowest BCUT2D eigenvalue weighted by atomic mass is 9.92. The van der Waals surface area contributed by atoms with Gasteiger partial charge in [-0.15, -0.1) is 0 Å². The lowest BCUT2D eigenvalue weighted by molar-refractivity contribution is -0.137. The molecule has 3 atom stereocenters. The number of carbonyl (C=O) groups is 1. The SMILES string of the molecule is Cc1cc(COc2ccc3[nH]c4c(c3c2)CCC4CC(=O)O)ccc1C1CCC(O)C1. The van der Waals surface area contributed by atoms with Crippen molar-refractivity contribution in [3.63, 3.8) is 0 Å². The second-order valence-corrected chi connectivity index (χ2v) is 9.20. The Morgan fingerprint density at radius 2 is 2.03 bits per heavy atom. The van der Waals surface area contributed by atoms with Gasteiger partial charge in [-0.05, 0) is 85.4 Å². The molecule has 1 heterocycles. The molecule has 3 unspecified atom stereocenters. The molecule has 2 aromatic carbocycles. The van der Waals surface area contributed by atoms with Gasteiger partial charge in [0.05, 0.1) is 12.5 Å². The lowest BCUT2D eigenvalue weighted by Crippen LogP contribution is -2.03. The van der Waals surface area contributed by atoms with Gasteiger partial charge in [-0.2, -0.15) is 0 Å². The highest BCUT2D eigenvalue weighted by Crippen LogP contribution is 2.40. The summed E-state index contributed by atoms with van der Waals surface area (Å²) >= 11 is 0. The second-order valence-electron chi connectivity index (χ2n) is 9.20. The first-order valence-corrected chi connectivity index (χ1v) is 11.2. The second kappa shape index (κ2) is 8.04. The third kappa shape index (κ3) is 3.94. The third-order valence-electron chi connectivity index (χ3n) is 7.07. The highest BCUT2D eigenvalue weighted by Gasteiger charge is 2.28. The van der Waals surface area contributed by atoms with E-state index in [0.29, 0.717) is 12.5 Å². The number of hydrogen-bond acceptors (Lipinski definition) is 3. The number of fused-ring (bicyclic) bond motifs is 3. The lowest BCUT2D eigenvalue weighted by Gasteiger charge is -2.15. The average Bonchev–Trinajstić information content (AvgIpc) is 3.42. The molecule has 0 aliphatic heterocycles. The number of carboxylic acid groups (broad SMARTS) is 1. The molecule has 162 valence electrons. The highest BCUT2D eigenvalue weighted by atomic mass is 16.5. The number of H-pyrrole nitrogens is 1. The monoisotopic (exact) mass is 419 g/mol. The van der Waals surface area contributed by atoms with Gasteiger partial charge in [0, 0.05) is 22.5 Å². The zero-order valence-electron chi connectivity index (χ0n) is 17.9. The van der Waals surface area contributed by atoms with Crippen molar-refractivity contribution in [3.8, 4) is 5.75 Å². The number of aliphatic hydroxyl groups excluding tert-OH is 1. The van der Waals surface area contributed by atoms with Gasteiger partial charge in [-0.1, -0.05) is 18.2 Å². The predicted molar refractivity (Wildman–Crippen MR) is 120 cm³/mol. The van der Waals surface area contributed by atoms with Crippen LogP contribution in [-0.2, 0) is 17.8 Å². The summed E-state index contributed by atoms with van der Waals surface area (Å²) in [6.07, 6.45) is 4.65. The standard InChI is InChI=1S/C26H29NO4/c1-15-10-16(2-7-21(15)17-3-5-19(28)11-17)14-31-20-6-9-24-23(13-20)22-8-4-18(12-25(29)30)26(22)27-24/h2,6-7,9-10,13,17-19,27-28H,3-5,8,11-12,14H2,1H3,(H,29,30). The van der Waals surface area contributed by atoms with Crippen LogP contribution >= 0.6 is 0 Å². The van der Waals surface area contributed by atoms with Crippen LogP contribution in [0.1, 0.15) is 71.9 Å². The summed E-state index contributed by atoms with van der Waals surface area (Å²) in [6, 6.07) is 12.6. The Balaban J connectivity index is 1.30. The van der Waals surface area contributed by atoms with Crippen LogP contribution in [0.5, 0.6) is 5.75 Å². The van der Waals surface area contributed by atoms with Crippen LogP contribution in [0, 0.1) is 6.92 Å². The molecular weight excluding hydrogens is 390 g/mol. The number of ether oxygens (including phenoxy) is 1. The largest absolute Gasteiger partial charge is 0.489 e. The van der Waals surface area contributed by atoms with E-state index in [0.717, 1.165) is 60.0 Å². The summed E-state index contributed by atoms with van der Waals surface area (Å²) in [4.78, 5) is 14.6. The fourth-order valence-corrected chi connectivity index (χ4v) is 5.53. The van der Waals surface area contributed by atoms with Gasteiger partial charge in [0.25, 0.3) is 0 Å². The number of benzene rings is 2. The smallest absolute Gasteiger partial charge is 0.304 e. The zero-order chi connectivity index (χ0) is 21.5. The Morgan fingerprint density at radius 3 is 2.77 bits per heavy atom. The molecule has 3 aromatic rings. The number of aliphatic hydroxyl groups is 1. The molecule has 1 saturated carbocycles. The van der Waals surface area contributed by atoms with Crippen LogP contribution in [0.3, 0.4) is 0 Å². The molecule has 0 spiro atoms. The maximum absolute atomic E-state index is 11.1. The minimum absolute atomic E-state index is 0.0757. The topological polar surface area (TPSA) is 82.6 Å². The van der Waals surface area contributed by atoms with Crippen molar-refractivity contribution in [1.82, 2.24) is 4.98 Å². The molecule has 1 fully saturated rings. The molecule has 1 aromatic heterocycles. The normalized spacial score (nSPS) is 22.7. The summed E-state index contributed by atoms with van der Waals surface area (Å²) in [7, 11) is 0. The van der Waals surface area contributed by atoms with E-state index < -0.39 is 5.97 Å². The molecule has 0 amide bonds. The molecule has 3 N–H and O–H groups in total. The molecule has 0 bridgehead atoms. The Bertz CT molecular complexity index is 1130. The van der Waals surface area contributed by atoms with E-state index >= 15 is 0 Å². The first-order chi connectivity index (χ1) is 15.0. The summed E-state index contributed by atoms with van der Waals surface area (Å²) in [5.74, 6) is 0.627. The minimum Gasteiger partial charge on any atom is -0.489 e. The predicted octanol–water partition coefficient (Wildman–Crippen LogP) is 5.19. The highest BCUT2D eigenvalue weighted by molar-refractivity contribution is 5.87. The van der Waals surface area contributed by atoms with Crippen molar-refractivity contribution in [2.75, 3.05) is 0 Å².